The fourth-order valence-electron chi connectivity index (χ4n) is 2.51. The van der Waals surface area contributed by atoms with Crippen molar-refractivity contribution in [1.29, 1.82) is 0 Å². The van der Waals surface area contributed by atoms with Gasteiger partial charge in [0.25, 0.3) is 0 Å². The van der Waals surface area contributed by atoms with Crippen molar-refractivity contribution < 1.29 is 4.74 Å². The summed E-state index contributed by atoms with van der Waals surface area (Å²) in [6.07, 6.45) is 2.44. The van der Waals surface area contributed by atoms with Crippen LogP contribution in [0.1, 0.15) is 12.8 Å². The van der Waals surface area contributed by atoms with Crippen LogP contribution in [0.4, 0.5) is 10.8 Å². The van der Waals surface area contributed by atoms with Gasteiger partial charge >= 0.3 is 0 Å². The Morgan fingerprint density at radius 3 is 2.67 bits per heavy atom. The maximum absolute atomic E-state index is 5.79. The highest BCUT2D eigenvalue weighted by molar-refractivity contribution is 7.11. The molecule has 0 spiro atoms. The fourth-order valence-corrected chi connectivity index (χ4v) is 3.35. The van der Waals surface area contributed by atoms with Crippen LogP contribution in [0.3, 0.4) is 0 Å². The van der Waals surface area contributed by atoms with Crippen LogP contribution in [-0.4, -0.2) is 50.1 Å². The molecule has 2 heterocycles. The standard InChI is InChI=1S/C12H22N4OS/c1-15(2)8-9-4-6-16(7-5-9)12-10(17-3)11(13)14-18-12/h9H,4-8H2,1-3H3,(H2,13,14). The second-order valence-electron chi connectivity index (χ2n) is 5.10. The lowest BCUT2D eigenvalue weighted by atomic mass is 9.96. The number of rotatable bonds is 4. The summed E-state index contributed by atoms with van der Waals surface area (Å²) >= 11 is 1.44. The normalized spacial score (nSPS) is 17.4. The first-order chi connectivity index (χ1) is 8.61. The van der Waals surface area contributed by atoms with Gasteiger partial charge in [-0.1, -0.05) is 0 Å². The number of methoxy groups -OCH3 is 1. The van der Waals surface area contributed by atoms with Crippen molar-refractivity contribution in [2.45, 2.75) is 12.8 Å². The molecule has 1 aliphatic rings. The molecule has 6 heteroatoms. The highest BCUT2D eigenvalue weighted by atomic mass is 32.1. The van der Waals surface area contributed by atoms with Crippen LogP contribution < -0.4 is 15.4 Å². The van der Waals surface area contributed by atoms with Gasteiger partial charge in [-0.25, -0.2) is 0 Å². The van der Waals surface area contributed by atoms with Crippen molar-refractivity contribution in [3.63, 3.8) is 0 Å². The van der Waals surface area contributed by atoms with Gasteiger partial charge < -0.3 is 20.3 Å². The zero-order valence-corrected chi connectivity index (χ0v) is 12.2. The zero-order valence-electron chi connectivity index (χ0n) is 11.3. The summed E-state index contributed by atoms with van der Waals surface area (Å²) in [5, 5.41) is 1.08. The number of hydrogen-bond acceptors (Lipinski definition) is 6. The van der Waals surface area contributed by atoms with Gasteiger partial charge in [0.1, 0.15) is 0 Å². The Labute approximate surface area is 113 Å². The molecule has 0 aromatic carbocycles. The van der Waals surface area contributed by atoms with E-state index < -0.39 is 0 Å². The van der Waals surface area contributed by atoms with E-state index in [-0.39, 0.29) is 0 Å². The molecular formula is C12H22N4OS. The summed E-state index contributed by atoms with van der Waals surface area (Å²) in [6, 6.07) is 0. The number of piperidine rings is 1. The molecule has 2 rings (SSSR count). The average molecular weight is 270 g/mol. The van der Waals surface area contributed by atoms with E-state index in [0.717, 1.165) is 29.8 Å². The molecule has 0 radical (unpaired) electrons. The monoisotopic (exact) mass is 270 g/mol. The number of nitrogen functional groups attached to an aromatic ring is 1. The highest BCUT2D eigenvalue weighted by Gasteiger charge is 2.24. The molecule has 0 bridgehead atoms. The second-order valence-corrected chi connectivity index (χ2v) is 5.85. The van der Waals surface area contributed by atoms with Gasteiger partial charge in [0.15, 0.2) is 16.6 Å². The van der Waals surface area contributed by atoms with Crippen LogP contribution in [0.15, 0.2) is 0 Å². The van der Waals surface area contributed by atoms with Crippen molar-refractivity contribution >= 4 is 22.4 Å². The second kappa shape index (κ2) is 5.75. The minimum Gasteiger partial charge on any atom is -0.490 e. The number of aromatic nitrogens is 1. The maximum atomic E-state index is 5.79. The maximum Gasteiger partial charge on any atom is 0.197 e. The van der Waals surface area contributed by atoms with E-state index in [9.17, 15) is 0 Å². The third kappa shape index (κ3) is 2.87. The predicted octanol–water partition coefficient (Wildman–Crippen LogP) is 1.51. The van der Waals surface area contributed by atoms with Crippen molar-refractivity contribution in [3.8, 4) is 5.75 Å². The smallest absolute Gasteiger partial charge is 0.197 e. The van der Waals surface area contributed by atoms with Crippen LogP contribution >= 0.6 is 11.5 Å². The fraction of sp³-hybridized carbons (Fsp3) is 0.750. The van der Waals surface area contributed by atoms with E-state index in [1.807, 2.05) is 0 Å². The predicted molar refractivity (Wildman–Crippen MR) is 76.6 cm³/mol. The van der Waals surface area contributed by atoms with Gasteiger partial charge in [0.2, 0.25) is 0 Å². The lowest BCUT2D eigenvalue weighted by Gasteiger charge is -2.33. The number of nitrogens with zero attached hydrogens (tertiary/aromatic N) is 3. The van der Waals surface area contributed by atoms with Crippen molar-refractivity contribution in [2.75, 3.05) is 51.5 Å². The third-order valence-corrected chi connectivity index (χ3v) is 4.29. The van der Waals surface area contributed by atoms with E-state index in [1.165, 1.54) is 30.9 Å². The molecule has 2 N–H and O–H groups in total. The zero-order chi connectivity index (χ0) is 13.1. The Balaban J connectivity index is 1.97. The molecular weight excluding hydrogens is 248 g/mol. The van der Waals surface area contributed by atoms with Gasteiger partial charge in [0, 0.05) is 19.6 Å². The van der Waals surface area contributed by atoms with Gasteiger partial charge in [-0.2, -0.15) is 4.37 Å². The molecule has 0 unspecified atom stereocenters. The van der Waals surface area contributed by atoms with Crippen LogP contribution in [0, 0.1) is 5.92 Å². The first-order valence-corrected chi connectivity index (χ1v) is 7.08. The Morgan fingerprint density at radius 2 is 2.11 bits per heavy atom. The first-order valence-electron chi connectivity index (χ1n) is 6.30. The topological polar surface area (TPSA) is 54.6 Å². The van der Waals surface area contributed by atoms with Crippen molar-refractivity contribution in [2.24, 2.45) is 5.92 Å². The highest BCUT2D eigenvalue weighted by Crippen LogP contribution is 2.39. The summed E-state index contributed by atoms with van der Waals surface area (Å²) in [5.74, 6) is 2.05. The van der Waals surface area contributed by atoms with Crippen LogP contribution in [0.2, 0.25) is 0 Å². The number of ether oxygens (including phenoxy) is 1. The molecule has 0 saturated carbocycles. The molecule has 5 nitrogen and oxygen atoms in total. The van der Waals surface area contributed by atoms with E-state index in [2.05, 4.69) is 28.3 Å². The lowest BCUT2D eigenvalue weighted by Crippen LogP contribution is -2.36. The molecule has 1 fully saturated rings. The Bertz CT molecular complexity index is 385. The van der Waals surface area contributed by atoms with Gasteiger partial charge in [-0.05, 0) is 44.4 Å². The average Bonchev–Trinajstić information content (AvgIpc) is 2.70. The number of anilines is 2. The molecule has 102 valence electrons. The minimum atomic E-state index is 0.507. The van der Waals surface area contributed by atoms with E-state index in [1.54, 1.807) is 7.11 Å². The summed E-state index contributed by atoms with van der Waals surface area (Å²) < 4.78 is 9.51. The molecule has 1 aliphatic heterocycles. The Hall–Kier alpha value is -1.01. The lowest BCUT2D eigenvalue weighted by molar-refractivity contribution is 0.284. The van der Waals surface area contributed by atoms with Crippen LogP contribution in [-0.2, 0) is 0 Å². The van der Waals surface area contributed by atoms with E-state index >= 15 is 0 Å². The molecule has 1 saturated heterocycles. The first kappa shape index (κ1) is 13.4. The molecule has 0 atom stereocenters. The van der Waals surface area contributed by atoms with Gasteiger partial charge in [-0.3, -0.25) is 0 Å². The number of nitrogens with two attached hydrogens (primary N) is 1. The summed E-state index contributed by atoms with van der Waals surface area (Å²) in [4.78, 5) is 4.62. The quantitative estimate of drug-likeness (QED) is 0.899. The summed E-state index contributed by atoms with van der Waals surface area (Å²) in [7, 11) is 5.93. The Morgan fingerprint density at radius 1 is 1.44 bits per heavy atom. The largest absolute Gasteiger partial charge is 0.490 e. The molecule has 1 aromatic rings. The minimum absolute atomic E-state index is 0.507. The number of hydrogen-bond donors (Lipinski definition) is 1. The molecule has 18 heavy (non-hydrogen) atoms. The van der Waals surface area contributed by atoms with Crippen molar-refractivity contribution in [3.05, 3.63) is 0 Å². The van der Waals surface area contributed by atoms with E-state index in [4.69, 9.17) is 10.5 Å². The van der Waals surface area contributed by atoms with Gasteiger partial charge in [-0.15, -0.1) is 0 Å². The summed E-state index contributed by atoms with van der Waals surface area (Å²) in [5.41, 5.74) is 5.79. The van der Waals surface area contributed by atoms with Crippen molar-refractivity contribution in [1.82, 2.24) is 9.27 Å². The molecule has 0 amide bonds. The Kier molecular flexibility index (Phi) is 4.29. The van der Waals surface area contributed by atoms with Gasteiger partial charge in [0.05, 0.1) is 7.11 Å². The van der Waals surface area contributed by atoms with Crippen LogP contribution in [0.5, 0.6) is 5.75 Å². The molecule has 1 aromatic heterocycles. The SMILES string of the molecule is COc1c(N)nsc1N1CCC(CN(C)C)CC1. The summed E-state index contributed by atoms with van der Waals surface area (Å²) in [6.45, 7) is 3.31. The third-order valence-electron chi connectivity index (χ3n) is 3.39. The molecule has 0 aliphatic carbocycles. The van der Waals surface area contributed by atoms with Crippen LogP contribution in [0.25, 0.3) is 0 Å². The van der Waals surface area contributed by atoms with E-state index in [0.29, 0.717) is 5.82 Å².